The number of nitrogens with one attached hydrogen (secondary N) is 1. The van der Waals surface area contributed by atoms with Gasteiger partial charge in [0.05, 0.1) is 4.90 Å². The molecule has 114 valence electrons. The number of sulfonamides is 1. The molecule has 0 bridgehead atoms. The van der Waals surface area contributed by atoms with Crippen molar-refractivity contribution in [2.24, 2.45) is 5.14 Å². The van der Waals surface area contributed by atoms with Gasteiger partial charge in [-0.1, -0.05) is 17.7 Å². The van der Waals surface area contributed by atoms with Crippen LogP contribution in [0.1, 0.15) is 41.6 Å². The predicted molar refractivity (Wildman–Crippen MR) is 81.4 cm³/mol. The highest BCUT2D eigenvalue weighted by Crippen LogP contribution is 2.20. The van der Waals surface area contributed by atoms with Crippen molar-refractivity contribution < 1.29 is 13.2 Å². The van der Waals surface area contributed by atoms with Crippen LogP contribution in [-0.2, 0) is 10.0 Å². The molecule has 6 heteroatoms. The summed E-state index contributed by atoms with van der Waals surface area (Å²) in [7, 11) is -3.80. The Morgan fingerprint density at radius 3 is 2.76 bits per heavy atom. The smallest absolute Gasteiger partial charge is 0.251 e. The summed E-state index contributed by atoms with van der Waals surface area (Å²) < 4.78 is 22.7. The van der Waals surface area contributed by atoms with Gasteiger partial charge in [0.1, 0.15) is 0 Å². The fraction of sp³-hybridized carbons (Fsp3) is 0.400. The standard InChI is InChI=1S/C15H20N2O3S/c1-11-6-7-13(21(16,19)20)10-14(11)15(18)17-9-8-12-4-2-3-5-12/h4,6-7,10H,2-3,5,8-9H2,1H3,(H,17,18)(H2,16,19,20). The molecule has 1 amide bonds. The Labute approximate surface area is 125 Å². The van der Waals surface area contributed by atoms with Crippen LogP contribution in [0.2, 0.25) is 0 Å². The van der Waals surface area contributed by atoms with Crippen molar-refractivity contribution in [3.05, 3.63) is 41.0 Å². The number of hydrogen-bond donors (Lipinski definition) is 2. The molecule has 0 aliphatic heterocycles. The van der Waals surface area contributed by atoms with E-state index in [1.165, 1.54) is 24.1 Å². The van der Waals surface area contributed by atoms with Gasteiger partial charge in [0, 0.05) is 12.1 Å². The Kier molecular flexibility index (Phi) is 4.80. The Morgan fingerprint density at radius 1 is 1.38 bits per heavy atom. The number of allylic oxidation sites excluding steroid dienone is 1. The van der Waals surface area contributed by atoms with E-state index in [0.717, 1.165) is 24.8 Å². The number of nitrogens with two attached hydrogens (primary N) is 1. The molecule has 0 saturated carbocycles. The molecule has 21 heavy (non-hydrogen) atoms. The van der Waals surface area contributed by atoms with E-state index in [0.29, 0.717) is 12.1 Å². The zero-order chi connectivity index (χ0) is 15.5. The zero-order valence-corrected chi connectivity index (χ0v) is 12.9. The van der Waals surface area contributed by atoms with Crippen molar-refractivity contribution in [3.63, 3.8) is 0 Å². The van der Waals surface area contributed by atoms with E-state index in [1.807, 2.05) is 0 Å². The number of hydrogen-bond acceptors (Lipinski definition) is 3. The van der Waals surface area contributed by atoms with Crippen LogP contribution in [0.4, 0.5) is 0 Å². The van der Waals surface area contributed by atoms with Gasteiger partial charge in [-0.15, -0.1) is 0 Å². The lowest BCUT2D eigenvalue weighted by atomic mass is 10.1. The van der Waals surface area contributed by atoms with Crippen molar-refractivity contribution in [2.75, 3.05) is 6.54 Å². The van der Waals surface area contributed by atoms with Gasteiger partial charge in [-0.3, -0.25) is 4.79 Å². The highest BCUT2D eigenvalue weighted by atomic mass is 32.2. The normalized spacial score (nSPS) is 14.9. The monoisotopic (exact) mass is 308 g/mol. The predicted octanol–water partition coefficient (Wildman–Crippen LogP) is 1.87. The number of primary sulfonamides is 1. The van der Waals surface area contributed by atoms with Gasteiger partial charge in [-0.05, 0) is 50.3 Å². The SMILES string of the molecule is Cc1ccc(S(N)(=O)=O)cc1C(=O)NCCC1=CCCC1. The Bertz CT molecular complexity index is 678. The summed E-state index contributed by atoms with van der Waals surface area (Å²) >= 11 is 0. The minimum absolute atomic E-state index is 0.0447. The lowest BCUT2D eigenvalue weighted by Gasteiger charge is -2.09. The number of benzene rings is 1. The van der Waals surface area contributed by atoms with Crippen molar-refractivity contribution in [3.8, 4) is 0 Å². The number of carbonyl (C=O) groups is 1. The summed E-state index contributed by atoms with van der Waals surface area (Å²) in [5.41, 5.74) is 2.45. The summed E-state index contributed by atoms with van der Waals surface area (Å²) in [5, 5.41) is 7.92. The van der Waals surface area contributed by atoms with E-state index in [2.05, 4.69) is 11.4 Å². The molecule has 0 aromatic heterocycles. The molecule has 1 aromatic rings. The largest absolute Gasteiger partial charge is 0.352 e. The van der Waals surface area contributed by atoms with E-state index < -0.39 is 10.0 Å². The van der Waals surface area contributed by atoms with Gasteiger partial charge < -0.3 is 5.32 Å². The highest BCUT2D eigenvalue weighted by molar-refractivity contribution is 7.89. The van der Waals surface area contributed by atoms with Gasteiger partial charge in [0.2, 0.25) is 10.0 Å². The Balaban J connectivity index is 2.04. The van der Waals surface area contributed by atoms with Crippen LogP contribution in [0.3, 0.4) is 0 Å². The quantitative estimate of drug-likeness (QED) is 0.814. The lowest BCUT2D eigenvalue weighted by molar-refractivity contribution is 0.0953. The van der Waals surface area contributed by atoms with E-state index in [4.69, 9.17) is 5.14 Å². The van der Waals surface area contributed by atoms with E-state index in [9.17, 15) is 13.2 Å². The van der Waals surface area contributed by atoms with Gasteiger partial charge >= 0.3 is 0 Å². The van der Waals surface area contributed by atoms with Crippen molar-refractivity contribution in [1.29, 1.82) is 0 Å². The van der Waals surface area contributed by atoms with Crippen LogP contribution in [0.25, 0.3) is 0 Å². The second kappa shape index (κ2) is 6.41. The number of aryl methyl sites for hydroxylation is 1. The molecule has 0 atom stereocenters. The maximum atomic E-state index is 12.2. The molecule has 1 aliphatic rings. The lowest BCUT2D eigenvalue weighted by Crippen LogP contribution is -2.26. The Morgan fingerprint density at radius 2 is 2.14 bits per heavy atom. The highest BCUT2D eigenvalue weighted by Gasteiger charge is 2.14. The van der Waals surface area contributed by atoms with E-state index in [1.54, 1.807) is 13.0 Å². The van der Waals surface area contributed by atoms with Gasteiger partial charge in [-0.25, -0.2) is 13.6 Å². The first-order valence-electron chi connectivity index (χ1n) is 6.97. The topological polar surface area (TPSA) is 89.3 Å². The third-order valence-corrected chi connectivity index (χ3v) is 4.56. The molecule has 0 unspecified atom stereocenters. The number of rotatable bonds is 5. The molecule has 2 rings (SSSR count). The van der Waals surface area contributed by atoms with Gasteiger partial charge in [0.15, 0.2) is 0 Å². The first kappa shape index (κ1) is 15.7. The molecule has 0 saturated heterocycles. The van der Waals surface area contributed by atoms with Crippen molar-refractivity contribution in [2.45, 2.75) is 37.5 Å². The molecule has 5 nitrogen and oxygen atoms in total. The second-order valence-electron chi connectivity index (χ2n) is 5.28. The van der Waals surface area contributed by atoms with E-state index in [-0.39, 0.29) is 10.8 Å². The van der Waals surface area contributed by atoms with Crippen LogP contribution in [0, 0.1) is 6.92 Å². The summed E-state index contributed by atoms with van der Waals surface area (Å²) in [5.74, 6) is -0.267. The second-order valence-corrected chi connectivity index (χ2v) is 6.84. The number of amides is 1. The first-order chi connectivity index (χ1) is 9.88. The molecule has 0 radical (unpaired) electrons. The minimum Gasteiger partial charge on any atom is -0.352 e. The fourth-order valence-electron chi connectivity index (χ4n) is 2.42. The average Bonchev–Trinajstić information content (AvgIpc) is 2.91. The van der Waals surface area contributed by atoms with Crippen LogP contribution in [0.5, 0.6) is 0 Å². The summed E-state index contributed by atoms with van der Waals surface area (Å²) in [6, 6.07) is 4.33. The molecule has 1 aromatic carbocycles. The zero-order valence-electron chi connectivity index (χ0n) is 12.1. The molecular weight excluding hydrogens is 288 g/mol. The minimum atomic E-state index is -3.80. The van der Waals surface area contributed by atoms with Crippen LogP contribution < -0.4 is 10.5 Å². The fourth-order valence-corrected chi connectivity index (χ4v) is 2.96. The summed E-state index contributed by atoms with van der Waals surface area (Å²) in [6.45, 7) is 2.32. The molecule has 0 spiro atoms. The third-order valence-electron chi connectivity index (χ3n) is 3.65. The van der Waals surface area contributed by atoms with Crippen LogP contribution in [0.15, 0.2) is 34.7 Å². The molecule has 3 N–H and O–H groups in total. The first-order valence-corrected chi connectivity index (χ1v) is 8.52. The average molecular weight is 308 g/mol. The Hall–Kier alpha value is -1.66. The molecule has 1 aliphatic carbocycles. The maximum absolute atomic E-state index is 12.2. The number of carbonyl (C=O) groups excluding carboxylic acids is 1. The van der Waals surface area contributed by atoms with Crippen molar-refractivity contribution >= 4 is 15.9 Å². The maximum Gasteiger partial charge on any atom is 0.251 e. The van der Waals surface area contributed by atoms with Gasteiger partial charge in [-0.2, -0.15) is 0 Å². The van der Waals surface area contributed by atoms with Crippen LogP contribution >= 0.6 is 0 Å². The molecule has 0 fully saturated rings. The van der Waals surface area contributed by atoms with E-state index >= 15 is 0 Å². The van der Waals surface area contributed by atoms with Gasteiger partial charge in [0.25, 0.3) is 5.91 Å². The van der Waals surface area contributed by atoms with Crippen molar-refractivity contribution in [1.82, 2.24) is 5.32 Å². The van der Waals surface area contributed by atoms with Crippen LogP contribution in [-0.4, -0.2) is 20.9 Å². The summed E-state index contributed by atoms with van der Waals surface area (Å²) in [6.07, 6.45) is 6.49. The third kappa shape index (κ3) is 4.15. The molecular formula is C15H20N2O3S. The molecule has 0 heterocycles. The summed E-state index contributed by atoms with van der Waals surface area (Å²) in [4.78, 5) is 12.1.